The fourth-order valence-corrected chi connectivity index (χ4v) is 3.22. The van der Waals surface area contributed by atoms with Crippen LogP contribution < -0.4 is 5.32 Å². The highest BCUT2D eigenvalue weighted by Crippen LogP contribution is 2.32. The second-order valence-electron chi connectivity index (χ2n) is 6.30. The summed E-state index contributed by atoms with van der Waals surface area (Å²) < 4.78 is 6.04. The van der Waals surface area contributed by atoms with Gasteiger partial charge in [-0.1, -0.05) is 26.2 Å². The maximum Gasteiger partial charge on any atom is 0.109 e. The topological polar surface area (TPSA) is 45.0 Å². The van der Waals surface area contributed by atoms with Crippen LogP contribution in [0.5, 0.6) is 0 Å². The van der Waals surface area contributed by atoms with Gasteiger partial charge in [-0.25, -0.2) is 0 Å². The standard InChI is InChI=1S/C16H28N2O/c1-2-10-18-16(13-17)9-4-7-15(12-16)19-11-8-14-5-3-6-14/h14-15,18H,2-12H2,1H3. The first-order valence-corrected chi connectivity index (χ1v) is 8.06. The molecule has 3 nitrogen and oxygen atoms in total. The van der Waals surface area contributed by atoms with Crippen LogP contribution in [0.3, 0.4) is 0 Å². The molecular weight excluding hydrogens is 236 g/mol. The first-order chi connectivity index (χ1) is 9.28. The lowest BCUT2D eigenvalue weighted by atomic mass is 9.80. The Bertz CT molecular complexity index is 308. The van der Waals surface area contributed by atoms with E-state index < -0.39 is 0 Å². The van der Waals surface area contributed by atoms with E-state index in [2.05, 4.69) is 18.3 Å². The second-order valence-corrected chi connectivity index (χ2v) is 6.30. The van der Waals surface area contributed by atoms with Crippen molar-refractivity contribution >= 4 is 0 Å². The summed E-state index contributed by atoms with van der Waals surface area (Å²) in [6.07, 6.45) is 10.9. The smallest absolute Gasteiger partial charge is 0.109 e. The van der Waals surface area contributed by atoms with Crippen LogP contribution in [0.1, 0.15) is 64.7 Å². The molecule has 0 bridgehead atoms. The zero-order chi connectivity index (χ0) is 13.6. The Labute approximate surface area is 117 Å². The fraction of sp³-hybridized carbons (Fsp3) is 0.938. The highest BCUT2D eigenvalue weighted by Gasteiger charge is 2.36. The molecule has 2 saturated carbocycles. The maximum atomic E-state index is 9.48. The third kappa shape index (κ3) is 4.19. The number of hydrogen-bond donors (Lipinski definition) is 1. The van der Waals surface area contributed by atoms with Crippen molar-refractivity contribution in [3.05, 3.63) is 0 Å². The Hall–Kier alpha value is -0.590. The minimum absolute atomic E-state index is 0.290. The van der Waals surface area contributed by atoms with Crippen molar-refractivity contribution in [1.29, 1.82) is 5.26 Å². The summed E-state index contributed by atoms with van der Waals surface area (Å²) in [4.78, 5) is 0. The van der Waals surface area contributed by atoms with E-state index in [1.54, 1.807) is 0 Å². The largest absolute Gasteiger partial charge is 0.378 e. The summed E-state index contributed by atoms with van der Waals surface area (Å²) in [5, 5.41) is 12.9. The summed E-state index contributed by atoms with van der Waals surface area (Å²) in [5.41, 5.74) is -0.324. The Balaban J connectivity index is 1.73. The molecule has 1 N–H and O–H groups in total. The lowest BCUT2D eigenvalue weighted by Gasteiger charge is -2.36. The molecular formula is C16H28N2O. The van der Waals surface area contributed by atoms with E-state index in [0.717, 1.165) is 51.2 Å². The van der Waals surface area contributed by atoms with E-state index >= 15 is 0 Å². The van der Waals surface area contributed by atoms with Crippen LogP contribution in [0.2, 0.25) is 0 Å². The first kappa shape index (κ1) is 14.8. The van der Waals surface area contributed by atoms with Crippen LogP contribution in [0.25, 0.3) is 0 Å². The molecule has 2 atom stereocenters. The van der Waals surface area contributed by atoms with Crippen molar-refractivity contribution in [2.45, 2.75) is 76.4 Å². The molecule has 0 aromatic rings. The molecule has 0 saturated heterocycles. The Morgan fingerprint density at radius 3 is 2.79 bits per heavy atom. The molecule has 108 valence electrons. The first-order valence-electron chi connectivity index (χ1n) is 8.06. The lowest BCUT2D eigenvalue weighted by Crippen LogP contribution is -2.49. The van der Waals surface area contributed by atoms with Crippen molar-refractivity contribution in [1.82, 2.24) is 5.32 Å². The summed E-state index contributed by atoms with van der Waals surface area (Å²) in [7, 11) is 0. The molecule has 19 heavy (non-hydrogen) atoms. The minimum Gasteiger partial charge on any atom is -0.378 e. The van der Waals surface area contributed by atoms with Crippen LogP contribution in [0.4, 0.5) is 0 Å². The van der Waals surface area contributed by atoms with Crippen LogP contribution in [0, 0.1) is 17.2 Å². The average molecular weight is 264 g/mol. The van der Waals surface area contributed by atoms with E-state index in [4.69, 9.17) is 4.74 Å². The molecule has 0 heterocycles. The molecule has 2 aliphatic rings. The van der Waals surface area contributed by atoms with Gasteiger partial charge < -0.3 is 4.74 Å². The van der Waals surface area contributed by atoms with Gasteiger partial charge in [-0.2, -0.15) is 5.26 Å². The molecule has 0 amide bonds. The summed E-state index contributed by atoms with van der Waals surface area (Å²) >= 11 is 0. The van der Waals surface area contributed by atoms with E-state index in [9.17, 15) is 5.26 Å². The predicted molar refractivity (Wildman–Crippen MR) is 76.8 cm³/mol. The van der Waals surface area contributed by atoms with Crippen LogP contribution in [-0.2, 0) is 4.74 Å². The van der Waals surface area contributed by atoms with E-state index in [1.807, 2.05) is 0 Å². The second kappa shape index (κ2) is 7.26. The SMILES string of the molecule is CCCNC1(C#N)CCCC(OCCC2CCC2)C1. The molecule has 0 aromatic carbocycles. The van der Waals surface area contributed by atoms with Crippen LogP contribution in [-0.4, -0.2) is 24.8 Å². The van der Waals surface area contributed by atoms with Gasteiger partial charge >= 0.3 is 0 Å². The fourth-order valence-electron chi connectivity index (χ4n) is 3.22. The van der Waals surface area contributed by atoms with Gasteiger partial charge in [0, 0.05) is 13.0 Å². The molecule has 2 fully saturated rings. The number of hydrogen-bond acceptors (Lipinski definition) is 3. The van der Waals surface area contributed by atoms with E-state index in [0.29, 0.717) is 0 Å². The average Bonchev–Trinajstić information content (AvgIpc) is 2.40. The zero-order valence-electron chi connectivity index (χ0n) is 12.3. The summed E-state index contributed by atoms with van der Waals surface area (Å²) in [5.74, 6) is 0.919. The molecule has 0 aliphatic heterocycles. The predicted octanol–water partition coefficient (Wildman–Crippen LogP) is 3.40. The van der Waals surface area contributed by atoms with Crippen molar-refractivity contribution in [2.24, 2.45) is 5.92 Å². The van der Waals surface area contributed by atoms with Crippen molar-refractivity contribution < 1.29 is 4.74 Å². The van der Waals surface area contributed by atoms with E-state index in [1.165, 1.54) is 25.7 Å². The lowest BCUT2D eigenvalue weighted by molar-refractivity contribution is -0.000663. The van der Waals surface area contributed by atoms with Crippen molar-refractivity contribution in [3.8, 4) is 6.07 Å². The quantitative estimate of drug-likeness (QED) is 0.766. The third-order valence-corrected chi connectivity index (χ3v) is 4.74. The van der Waals surface area contributed by atoms with Gasteiger partial charge in [0.25, 0.3) is 0 Å². The normalized spacial score (nSPS) is 31.7. The number of ether oxygens (including phenoxy) is 1. The molecule has 2 aliphatic carbocycles. The number of nitrogens with zero attached hydrogens (tertiary/aromatic N) is 1. The van der Waals surface area contributed by atoms with Gasteiger partial charge in [0.2, 0.25) is 0 Å². The maximum absolute atomic E-state index is 9.48. The molecule has 3 heteroatoms. The summed E-state index contributed by atoms with van der Waals surface area (Å²) in [6.45, 7) is 3.97. The van der Waals surface area contributed by atoms with Gasteiger partial charge in [0.1, 0.15) is 5.54 Å². The van der Waals surface area contributed by atoms with Crippen molar-refractivity contribution in [3.63, 3.8) is 0 Å². The molecule has 0 radical (unpaired) electrons. The highest BCUT2D eigenvalue weighted by molar-refractivity contribution is 5.10. The number of nitrogens with one attached hydrogen (secondary N) is 1. The van der Waals surface area contributed by atoms with Gasteiger partial charge in [-0.15, -0.1) is 0 Å². The Morgan fingerprint density at radius 1 is 1.32 bits per heavy atom. The van der Waals surface area contributed by atoms with E-state index in [-0.39, 0.29) is 11.6 Å². The molecule has 2 unspecified atom stereocenters. The Kier molecular flexibility index (Phi) is 5.66. The minimum atomic E-state index is -0.324. The number of rotatable bonds is 7. The van der Waals surface area contributed by atoms with Crippen LogP contribution >= 0.6 is 0 Å². The van der Waals surface area contributed by atoms with Gasteiger partial charge in [0.15, 0.2) is 0 Å². The molecule has 0 aromatic heterocycles. The van der Waals surface area contributed by atoms with Gasteiger partial charge in [-0.05, 0) is 44.6 Å². The zero-order valence-corrected chi connectivity index (χ0v) is 12.3. The van der Waals surface area contributed by atoms with Crippen LogP contribution in [0.15, 0.2) is 0 Å². The van der Waals surface area contributed by atoms with Crippen molar-refractivity contribution in [2.75, 3.05) is 13.2 Å². The third-order valence-electron chi connectivity index (χ3n) is 4.74. The summed E-state index contributed by atoms with van der Waals surface area (Å²) in [6, 6.07) is 2.51. The van der Waals surface area contributed by atoms with Gasteiger partial charge in [-0.3, -0.25) is 5.32 Å². The molecule has 2 rings (SSSR count). The van der Waals surface area contributed by atoms with Gasteiger partial charge in [0.05, 0.1) is 12.2 Å². The highest BCUT2D eigenvalue weighted by atomic mass is 16.5. The molecule has 0 spiro atoms. The monoisotopic (exact) mass is 264 g/mol. The number of nitriles is 1. The Morgan fingerprint density at radius 2 is 2.16 bits per heavy atom.